The van der Waals surface area contributed by atoms with Crippen molar-refractivity contribution in [3.05, 3.63) is 82.8 Å². The first-order valence-corrected chi connectivity index (χ1v) is 9.72. The zero-order valence-electron chi connectivity index (χ0n) is 15.8. The molecule has 0 radical (unpaired) electrons. The van der Waals surface area contributed by atoms with Crippen LogP contribution in [0.2, 0.25) is 0 Å². The van der Waals surface area contributed by atoms with E-state index in [1.54, 1.807) is 6.07 Å². The van der Waals surface area contributed by atoms with Gasteiger partial charge in [-0.1, -0.05) is 48.5 Å². The fourth-order valence-electron chi connectivity index (χ4n) is 4.35. The maximum atomic E-state index is 14.1. The molecule has 0 unspecified atom stereocenters. The van der Waals surface area contributed by atoms with Crippen molar-refractivity contribution in [1.82, 2.24) is 9.88 Å². The number of aromatic nitrogens is 1. The summed E-state index contributed by atoms with van der Waals surface area (Å²) in [7, 11) is 0. The molecule has 5 rings (SSSR count). The molecule has 4 nitrogen and oxygen atoms in total. The highest BCUT2D eigenvalue weighted by Crippen LogP contribution is 2.30. The fourth-order valence-corrected chi connectivity index (χ4v) is 4.35. The Balaban J connectivity index is 1.45. The number of rotatable bonds is 3. The van der Waals surface area contributed by atoms with Gasteiger partial charge in [-0.2, -0.15) is 0 Å². The number of hydrogen-bond acceptors (Lipinski definition) is 2. The molecule has 1 aliphatic heterocycles. The van der Waals surface area contributed by atoms with E-state index in [9.17, 15) is 9.18 Å². The highest BCUT2D eigenvalue weighted by atomic mass is 19.1. The van der Waals surface area contributed by atoms with Crippen LogP contribution in [-0.4, -0.2) is 28.6 Å². The van der Waals surface area contributed by atoms with E-state index in [0.717, 1.165) is 38.5 Å². The molecule has 2 heterocycles. The van der Waals surface area contributed by atoms with Gasteiger partial charge in [0.15, 0.2) is 0 Å². The standard InChI is InChI=1S/C24H20FN3O/c25-21-7-3-6-19-20-14-28(11-10-22(20)27-24(19)21)23(29)12-15-8-9-16(13-26)18-5-2-1-4-17(15)18/h1-9,13,26-27H,10-12,14H2. The highest BCUT2D eigenvalue weighted by molar-refractivity contribution is 6.01. The lowest BCUT2D eigenvalue weighted by Gasteiger charge is -2.27. The minimum atomic E-state index is -0.257. The lowest BCUT2D eigenvalue weighted by atomic mass is 9.97. The molecule has 1 amide bonds. The first-order chi connectivity index (χ1) is 14.2. The lowest BCUT2D eigenvalue weighted by Crippen LogP contribution is -2.36. The van der Waals surface area contributed by atoms with Crippen LogP contribution in [0, 0.1) is 11.2 Å². The first kappa shape index (κ1) is 17.6. The van der Waals surface area contributed by atoms with E-state index < -0.39 is 0 Å². The quantitative estimate of drug-likeness (QED) is 0.498. The summed E-state index contributed by atoms with van der Waals surface area (Å²) in [5.74, 6) is -0.193. The molecule has 0 bridgehead atoms. The smallest absolute Gasteiger partial charge is 0.227 e. The summed E-state index contributed by atoms with van der Waals surface area (Å²) >= 11 is 0. The molecule has 1 aromatic heterocycles. The maximum absolute atomic E-state index is 14.1. The monoisotopic (exact) mass is 385 g/mol. The largest absolute Gasteiger partial charge is 0.356 e. The van der Waals surface area contributed by atoms with Crippen molar-refractivity contribution in [2.24, 2.45) is 0 Å². The van der Waals surface area contributed by atoms with Crippen LogP contribution >= 0.6 is 0 Å². The lowest BCUT2D eigenvalue weighted by molar-refractivity contribution is -0.131. The van der Waals surface area contributed by atoms with Gasteiger partial charge in [-0.15, -0.1) is 0 Å². The molecule has 0 fully saturated rings. The molecule has 0 spiro atoms. The molecule has 1 aliphatic rings. The summed E-state index contributed by atoms with van der Waals surface area (Å²) < 4.78 is 14.1. The third-order valence-corrected chi connectivity index (χ3v) is 5.86. The van der Waals surface area contributed by atoms with Gasteiger partial charge in [-0.3, -0.25) is 4.79 Å². The van der Waals surface area contributed by atoms with Gasteiger partial charge in [0, 0.05) is 42.4 Å². The van der Waals surface area contributed by atoms with E-state index in [2.05, 4.69) is 4.98 Å². The van der Waals surface area contributed by atoms with Crippen LogP contribution in [0.1, 0.15) is 22.4 Å². The summed E-state index contributed by atoms with van der Waals surface area (Å²) in [6, 6.07) is 16.8. The molecule has 5 heteroatoms. The Kier molecular flexibility index (Phi) is 4.16. The van der Waals surface area contributed by atoms with Gasteiger partial charge in [0.25, 0.3) is 0 Å². The van der Waals surface area contributed by atoms with Crippen LogP contribution in [0.5, 0.6) is 0 Å². The summed E-state index contributed by atoms with van der Waals surface area (Å²) in [6.07, 6.45) is 2.35. The molecule has 0 atom stereocenters. The Morgan fingerprint density at radius 2 is 1.86 bits per heavy atom. The van der Waals surface area contributed by atoms with Crippen molar-refractivity contribution in [3.8, 4) is 0 Å². The number of amides is 1. The van der Waals surface area contributed by atoms with Gasteiger partial charge in [0.05, 0.1) is 11.9 Å². The Bertz CT molecular complexity index is 1270. The van der Waals surface area contributed by atoms with Crippen molar-refractivity contribution in [1.29, 1.82) is 5.41 Å². The predicted molar refractivity (Wildman–Crippen MR) is 113 cm³/mol. The molecule has 29 heavy (non-hydrogen) atoms. The third-order valence-electron chi connectivity index (χ3n) is 5.86. The van der Waals surface area contributed by atoms with Crippen LogP contribution in [-0.2, 0) is 24.2 Å². The molecule has 3 aromatic carbocycles. The van der Waals surface area contributed by atoms with Crippen molar-refractivity contribution < 1.29 is 9.18 Å². The van der Waals surface area contributed by atoms with Crippen LogP contribution in [0.15, 0.2) is 54.6 Å². The second kappa shape index (κ2) is 6.85. The minimum absolute atomic E-state index is 0.0640. The first-order valence-electron chi connectivity index (χ1n) is 9.72. The number of halogens is 1. The van der Waals surface area contributed by atoms with Gasteiger partial charge < -0.3 is 15.3 Å². The van der Waals surface area contributed by atoms with Crippen molar-refractivity contribution in [2.75, 3.05) is 6.54 Å². The topological polar surface area (TPSA) is 60.0 Å². The second-order valence-corrected chi connectivity index (χ2v) is 7.49. The third kappa shape index (κ3) is 2.90. The summed E-state index contributed by atoms with van der Waals surface area (Å²) in [5, 5.41) is 10.5. The number of para-hydroxylation sites is 1. The van der Waals surface area contributed by atoms with Gasteiger partial charge in [-0.25, -0.2) is 4.39 Å². The number of hydrogen-bond donors (Lipinski definition) is 2. The summed E-state index contributed by atoms with van der Waals surface area (Å²) in [6.45, 7) is 1.12. The van der Waals surface area contributed by atoms with Crippen LogP contribution in [0.4, 0.5) is 4.39 Å². The Labute approximate surface area is 167 Å². The van der Waals surface area contributed by atoms with Crippen molar-refractivity contribution in [3.63, 3.8) is 0 Å². The summed E-state index contributed by atoms with van der Waals surface area (Å²) in [5.41, 5.74) is 4.38. The molecule has 0 saturated heterocycles. The van der Waals surface area contributed by atoms with Gasteiger partial charge >= 0.3 is 0 Å². The predicted octanol–water partition coefficient (Wildman–Crippen LogP) is 4.59. The molecule has 144 valence electrons. The normalized spacial score (nSPS) is 13.6. The average Bonchev–Trinajstić information content (AvgIpc) is 3.13. The number of H-pyrrole nitrogens is 1. The van der Waals surface area contributed by atoms with Gasteiger partial charge in [0.1, 0.15) is 5.82 Å². The van der Waals surface area contributed by atoms with Crippen LogP contribution < -0.4 is 0 Å². The Morgan fingerprint density at radius 1 is 1.07 bits per heavy atom. The molecule has 0 saturated carbocycles. The maximum Gasteiger partial charge on any atom is 0.227 e. The van der Waals surface area contributed by atoms with Gasteiger partial charge in [-0.05, 0) is 28.0 Å². The zero-order valence-corrected chi connectivity index (χ0v) is 15.8. The second-order valence-electron chi connectivity index (χ2n) is 7.49. The number of benzene rings is 3. The van der Waals surface area contributed by atoms with Crippen LogP contribution in [0.3, 0.4) is 0 Å². The van der Waals surface area contributed by atoms with E-state index in [1.807, 2.05) is 47.4 Å². The van der Waals surface area contributed by atoms with E-state index in [4.69, 9.17) is 5.41 Å². The number of nitrogens with one attached hydrogen (secondary N) is 2. The van der Waals surface area contributed by atoms with Crippen molar-refractivity contribution >= 4 is 33.8 Å². The van der Waals surface area contributed by atoms with Crippen LogP contribution in [0.25, 0.3) is 21.7 Å². The van der Waals surface area contributed by atoms with E-state index in [1.165, 1.54) is 12.3 Å². The van der Waals surface area contributed by atoms with E-state index in [0.29, 0.717) is 31.4 Å². The molecular weight excluding hydrogens is 365 g/mol. The molecule has 2 N–H and O–H groups in total. The highest BCUT2D eigenvalue weighted by Gasteiger charge is 2.25. The molecule has 0 aliphatic carbocycles. The van der Waals surface area contributed by atoms with Crippen molar-refractivity contribution in [2.45, 2.75) is 19.4 Å². The Hall–Kier alpha value is -3.47. The molecular formula is C24H20FN3O. The number of carbonyl (C=O) groups is 1. The number of carbonyl (C=O) groups excluding carboxylic acids is 1. The van der Waals surface area contributed by atoms with E-state index in [-0.39, 0.29) is 11.7 Å². The van der Waals surface area contributed by atoms with E-state index >= 15 is 0 Å². The average molecular weight is 385 g/mol. The fraction of sp³-hybridized carbons (Fsp3) is 0.167. The zero-order chi connectivity index (χ0) is 20.0. The minimum Gasteiger partial charge on any atom is -0.356 e. The Morgan fingerprint density at radius 3 is 2.69 bits per heavy atom. The molecule has 4 aromatic rings. The SMILES string of the molecule is N=Cc1ccc(CC(=O)N2CCc3[nH]c4c(F)cccc4c3C2)c2ccccc12. The van der Waals surface area contributed by atoms with Gasteiger partial charge in [0.2, 0.25) is 5.91 Å². The number of aromatic amines is 1. The summed E-state index contributed by atoms with van der Waals surface area (Å²) in [4.78, 5) is 18.2. The number of fused-ring (bicyclic) bond motifs is 4. The number of nitrogens with zero attached hydrogens (tertiary/aromatic N) is 1.